The average Bonchev–Trinajstić information content (AvgIpc) is 2.25. The highest BCUT2D eigenvalue weighted by molar-refractivity contribution is 5.76. The molecule has 1 saturated carbocycles. The highest BCUT2D eigenvalue weighted by Crippen LogP contribution is 2.27. The minimum atomic E-state index is -0.239. The first kappa shape index (κ1) is 14.5. The molecule has 1 aliphatic rings. The Morgan fingerprint density at radius 1 is 1.29 bits per heavy atom. The van der Waals surface area contributed by atoms with Crippen LogP contribution in [-0.2, 0) is 4.79 Å². The summed E-state index contributed by atoms with van der Waals surface area (Å²) < 4.78 is 0. The Kier molecular flexibility index (Phi) is 4.99. The minimum absolute atomic E-state index is 0.239. The quantitative estimate of drug-likeness (QED) is 0.821. The molecule has 3 nitrogen and oxygen atoms in total. The van der Waals surface area contributed by atoms with Crippen molar-refractivity contribution in [3.8, 4) is 0 Å². The molecular formula is C14H28N2O. The van der Waals surface area contributed by atoms with Crippen molar-refractivity contribution in [1.29, 1.82) is 0 Å². The van der Waals surface area contributed by atoms with Gasteiger partial charge in [-0.25, -0.2) is 0 Å². The molecule has 2 N–H and O–H groups in total. The van der Waals surface area contributed by atoms with Crippen molar-refractivity contribution in [2.75, 3.05) is 7.05 Å². The Hall–Kier alpha value is -0.570. The largest absolute Gasteiger partial charge is 0.343 e. The van der Waals surface area contributed by atoms with Crippen LogP contribution in [0.3, 0.4) is 0 Å². The Bertz CT molecular complexity index is 249. The summed E-state index contributed by atoms with van der Waals surface area (Å²) in [7, 11) is 1.95. The molecule has 0 aromatic heterocycles. The van der Waals surface area contributed by atoms with Gasteiger partial charge in [0.15, 0.2) is 0 Å². The monoisotopic (exact) mass is 240 g/mol. The summed E-state index contributed by atoms with van der Waals surface area (Å²) in [5.41, 5.74) is 5.67. The summed E-state index contributed by atoms with van der Waals surface area (Å²) in [6.07, 6.45) is 6.17. The van der Waals surface area contributed by atoms with Gasteiger partial charge in [-0.15, -0.1) is 0 Å². The van der Waals surface area contributed by atoms with Crippen LogP contribution >= 0.6 is 0 Å². The van der Waals surface area contributed by atoms with E-state index < -0.39 is 0 Å². The molecule has 1 rings (SSSR count). The van der Waals surface area contributed by atoms with Gasteiger partial charge in [-0.3, -0.25) is 4.79 Å². The molecule has 1 aliphatic carbocycles. The van der Waals surface area contributed by atoms with Gasteiger partial charge >= 0.3 is 0 Å². The highest BCUT2D eigenvalue weighted by atomic mass is 16.2. The van der Waals surface area contributed by atoms with Crippen molar-refractivity contribution in [2.24, 2.45) is 11.7 Å². The third-order valence-electron chi connectivity index (χ3n) is 3.91. The minimum Gasteiger partial charge on any atom is -0.343 e. The van der Waals surface area contributed by atoms with E-state index in [9.17, 15) is 4.79 Å². The second-order valence-electron chi connectivity index (χ2n) is 6.41. The Balaban J connectivity index is 2.36. The summed E-state index contributed by atoms with van der Waals surface area (Å²) in [6.45, 7) is 6.25. The first-order valence-electron chi connectivity index (χ1n) is 6.84. The van der Waals surface area contributed by atoms with Crippen LogP contribution in [-0.4, -0.2) is 29.4 Å². The lowest BCUT2D eigenvalue weighted by Gasteiger charge is -2.34. The van der Waals surface area contributed by atoms with E-state index in [-0.39, 0.29) is 11.4 Å². The molecule has 17 heavy (non-hydrogen) atoms. The number of carbonyl (C=O) groups excluding carboxylic acids is 1. The zero-order valence-electron chi connectivity index (χ0n) is 11.8. The first-order valence-corrected chi connectivity index (χ1v) is 6.84. The lowest BCUT2D eigenvalue weighted by molar-refractivity contribution is -0.133. The summed E-state index contributed by atoms with van der Waals surface area (Å²) in [4.78, 5) is 14.0. The maximum atomic E-state index is 12.0. The topological polar surface area (TPSA) is 46.3 Å². The van der Waals surface area contributed by atoms with Gasteiger partial charge in [-0.1, -0.05) is 6.92 Å². The zero-order valence-corrected chi connectivity index (χ0v) is 11.8. The van der Waals surface area contributed by atoms with Crippen LogP contribution in [0.5, 0.6) is 0 Å². The van der Waals surface area contributed by atoms with E-state index in [1.54, 1.807) is 0 Å². The fourth-order valence-electron chi connectivity index (χ4n) is 2.44. The third kappa shape index (κ3) is 5.07. The Labute approximate surface area is 106 Å². The van der Waals surface area contributed by atoms with E-state index in [1.807, 2.05) is 25.8 Å². The fourth-order valence-corrected chi connectivity index (χ4v) is 2.44. The molecule has 0 saturated heterocycles. The van der Waals surface area contributed by atoms with E-state index in [4.69, 9.17) is 5.73 Å². The molecule has 0 aromatic carbocycles. The maximum Gasteiger partial charge on any atom is 0.222 e. The molecule has 0 aliphatic heterocycles. The molecule has 0 heterocycles. The lowest BCUT2D eigenvalue weighted by atomic mass is 9.86. The molecule has 1 fully saturated rings. The molecule has 0 unspecified atom stereocenters. The normalized spacial score (nSPS) is 25.7. The van der Waals surface area contributed by atoms with Gasteiger partial charge in [0, 0.05) is 25.0 Å². The second-order valence-corrected chi connectivity index (χ2v) is 6.41. The van der Waals surface area contributed by atoms with Crippen molar-refractivity contribution >= 4 is 5.91 Å². The van der Waals surface area contributed by atoms with Gasteiger partial charge in [0.05, 0.1) is 0 Å². The third-order valence-corrected chi connectivity index (χ3v) is 3.91. The van der Waals surface area contributed by atoms with Crippen molar-refractivity contribution in [3.05, 3.63) is 0 Å². The SMILES string of the molecule is CC1CCC(N(C)C(=O)CCC(C)(C)N)CC1. The van der Waals surface area contributed by atoms with Crippen molar-refractivity contribution in [1.82, 2.24) is 4.90 Å². The fraction of sp³-hybridized carbons (Fsp3) is 0.929. The van der Waals surface area contributed by atoms with Crippen molar-refractivity contribution < 1.29 is 4.79 Å². The standard InChI is InChI=1S/C14H28N2O/c1-11-5-7-12(8-6-11)16(4)13(17)9-10-14(2,3)15/h11-12H,5-10,15H2,1-4H3. The summed E-state index contributed by atoms with van der Waals surface area (Å²) in [5, 5.41) is 0. The van der Waals surface area contributed by atoms with Crippen molar-refractivity contribution in [3.63, 3.8) is 0 Å². The number of nitrogens with zero attached hydrogens (tertiary/aromatic N) is 1. The molecule has 0 radical (unpaired) electrons. The van der Waals surface area contributed by atoms with Gasteiger partial charge in [-0.05, 0) is 51.9 Å². The van der Waals surface area contributed by atoms with Crippen LogP contribution in [0, 0.1) is 5.92 Å². The smallest absolute Gasteiger partial charge is 0.222 e. The van der Waals surface area contributed by atoms with Gasteiger partial charge in [0.1, 0.15) is 0 Å². The van der Waals surface area contributed by atoms with Crippen LogP contribution in [0.2, 0.25) is 0 Å². The van der Waals surface area contributed by atoms with Gasteiger partial charge in [0.25, 0.3) is 0 Å². The van der Waals surface area contributed by atoms with Crippen LogP contribution in [0.1, 0.15) is 59.3 Å². The van der Waals surface area contributed by atoms with Gasteiger partial charge in [-0.2, -0.15) is 0 Å². The van der Waals surface area contributed by atoms with Crippen LogP contribution in [0.15, 0.2) is 0 Å². The summed E-state index contributed by atoms with van der Waals surface area (Å²) >= 11 is 0. The molecule has 100 valence electrons. The van der Waals surface area contributed by atoms with Gasteiger partial charge in [0.2, 0.25) is 5.91 Å². The number of rotatable bonds is 4. The second kappa shape index (κ2) is 5.85. The molecule has 0 bridgehead atoms. The highest BCUT2D eigenvalue weighted by Gasteiger charge is 2.25. The molecule has 3 heteroatoms. The molecular weight excluding hydrogens is 212 g/mol. The lowest BCUT2D eigenvalue weighted by Crippen LogP contribution is -2.41. The maximum absolute atomic E-state index is 12.0. The molecule has 1 amide bonds. The van der Waals surface area contributed by atoms with Crippen molar-refractivity contribution in [2.45, 2.75) is 70.9 Å². The number of carbonyl (C=O) groups is 1. The van der Waals surface area contributed by atoms with E-state index in [0.717, 1.165) is 25.2 Å². The number of hydrogen-bond acceptors (Lipinski definition) is 2. The Morgan fingerprint density at radius 2 is 1.82 bits per heavy atom. The molecule has 0 aromatic rings. The van der Waals surface area contributed by atoms with Crippen LogP contribution < -0.4 is 5.73 Å². The number of nitrogens with two attached hydrogens (primary N) is 1. The first-order chi connectivity index (χ1) is 7.79. The zero-order chi connectivity index (χ0) is 13.1. The molecule has 0 atom stereocenters. The van der Waals surface area contributed by atoms with Crippen LogP contribution in [0.25, 0.3) is 0 Å². The average molecular weight is 240 g/mol. The van der Waals surface area contributed by atoms with Gasteiger partial charge < -0.3 is 10.6 Å². The predicted molar refractivity (Wildman–Crippen MR) is 71.7 cm³/mol. The number of hydrogen-bond donors (Lipinski definition) is 1. The number of amides is 1. The van der Waals surface area contributed by atoms with E-state index in [2.05, 4.69) is 6.92 Å². The van der Waals surface area contributed by atoms with E-state index >= 15 is 0 Å². The van der Waals surface area contributed by atoms with E-state index in [0.29, 0.717) is 12.5 Å². The predicted octanol–water partition coefficient (Wildman–Crippen LogP) is 2.54. The summed E-state index contributed by atoms with van der Waals surface area (Å²) in [6, 6.07) is 0.458. The van der Waals surface area contributed by atoms with E-state index in [1.165, 1.54) is 12.8 Å². The molecule has 0 spiro atoms. The summed E-state index contributed by atoms with van der Waals surface area (Å²) in [5.74, 6) is 1.08. The van der Waals surface area contributed by atoms with Crippen LogP contribution in [0.4, 0.5) is 0 Å². The Morgan fingerprint density at radius 3 is 2.29 bits per heavy atom.